The molecule has 1 N–H and O–H groups in total. The third kappa shape index (κ3) is 4.50. The van der Waals surface area contributed by atoms with Crippen molar-refractivity contribution in [2.45, 2.75) is 18.4 Å². The van der Waals surface area contributed by atoms with E-state index in [-0.39, 0.29) is 5.92 Å². The number of para-hydroxylation sites is 2. The third-order valence-corrected chi connectivity index (χ3v) is 6.50. The molecule has 170 valence electrons. The van der Waals surface area contributed by atoms with Crippen LogP contribution in [0.25, 0.3) is 0 Å². The maximum atomic E-state index is 11.8. The summed E-state index contributed by atoms with van der Waals surface area (Å²) in [6.07, 6.45) is -0.118. The van der Waals surface area contributed by atoms with E-state index in [0.717, 1.165) is 13.0 Å². The Morgan fingerprint density at radius 3 is 2.26 bits per heavy atom. The van der Waals surface area contributed by atoms with E-state index in [4.69, 9.17) is 16.3 Å². The van der Waals surface area contributed by atoms with Crippen molar-refractivity contribution >= 4 is 28.9 Å². The number of rotatable bonds is 6. The molecule has 0 bridgehead atoms. The molecular weight excluding hydrogens is 446 g/mol. The minimum Gasteiger partial charge on any atom is -0.478 e. The largest absolute Gasteiger partial charge is 0.478 e. The second kappa shape index (κ2) is 9.62. The number of anilines is 2. The molecule has 0 saturated heterocycles. The predicted molar refractivity (Wildman–Crippen MR) is 135 cm³/mol. The molecule has 1 heterocycles. The Morgan fingerprint density at radius 1 is 0.882 bits per heavy atom. The molecule has 0 amide bonds. The Hall–Kier alpha value is -3.76. The molecule has 2 unspecified atom stereocenters. The Morgan fingerprint density at radius 2 is 1.56 bits per heavy atom. The van der Waals surface area contributed by atoms with Crippen molar-refractivity contribution in [3.8, 4) is 5.75 Å². The van der Waals surface area contributed by atoms with Gasteiger partial charge < -0.3 is 14.7 Å². The average molecular weight is 470 g/mol. The first-order valence-electron chi connectivity index (χ1n) is 11.3. The van der Waals surface area contributed by atoms with E-state index < -0.39 is 12.1 Å². The first-order valence-corrected chi connectivity index (χ1v) is 11.6. The first-order chi connectivity index (χ1) is 16.6. The van der Waals surface area contributed by atoms with Crippen molar-refractivity contribution in [1.29, 1.82) is 0 Å². The minimum atomic E-state index is -1.10. The number of halogens is 1. The number of aliphatic carboxylic acids is 1. The summed E-state index contributed by atoms with van der Waals surface area (Å²) in [5.74, 6) is -0.272. The normalized spacial score (nSPS) is 15.9. The van der Waals surface area contributed by atoms with Gasteiger partial charge >= 0.3 is 5.97 Å². The van der Waals surface area contributed by atoms with Gasteiger partial charge in [-0.2, -0.15) is 0 Å². The molecule has 4 aromatic rings. The van der Waals surface area contributed by atoms with E-state index >= 15 is 0 Å². The maximum Gasteiger partial charge on any atom is 0.349 e. The molecule has 2 atom stereocenters. The van der Waals surface area contributed by atoms with Gasteiger partial charge in [0.2, 0.25) is 6.10 Å². The average Bonchev–Trinajstić information content (AvgIpc) is 2.88. The summed E-state index contributed by atoms with van der Waals surface area (Å²) >= 11 is 5.94. The molecule has 5 rings (SSSR count). The van der Waals surface area contributed by atoms with E-state index in [0.29, 0.717) is 16.3 Å². The van der Waals surface area contributed by atoms with Gasteiger partial charge in [0.05, 0.1) is 0 Å². The highest BCUT2D eigenvalue weighted by Crippen LogP contribution is 2.42. The standard InChI is InChI=1S/C29H24ClNO3/c30-22-14-10-21(11-15-22)28(29(32)33)34-24-16-12-20(13-17-24)25-18-19-31(23-6-2-1-3-7-23)27-9-5-4-8-26(25)27/h1-17,25,28H,18-19H2,(H,32,33). The molecule has 1 aliphatic heterocycles. The van der Waals surface area contributed by atoms with E-state index in [1.807, 2.05) is 30.3 Å². The number of carboxylic acid groups (broad SMARTS) is 1. The number of fused-ring (bicyclic) bond motifs is 1. The fourth-order valence-corrected chi connectivity index (χ4v) is 4.72. The van der Waals surface area contributed by atoms with Crippen molar-refractivity contribution in [3.05, 3.63) is 125 Å². The molecule has 0 radical (unpaired) electrons. The van der Waals surface area contributed by atoms with Gasteiger partial charge in [-0.05, 0) is 60.0 Å². The van der Waals surface area contributed by atoms with Crippen LogP contribution in [-0.4, -0.2) is 17.6 Å². The summed E-state index contributed by atoms with van der Waals surface area (Å²) < 4.78 is 5.84. The minimum absolute atomic E-state index is 0.261. The highest BCUT2D eigenvalue weighted by Gasteiger charge is 2.27. The van der Waals surface area contributed by atoms with Crippen molar-refractivity contribution in [3.63, 3.8) is 0 Å². The van der Waals surface area contributed by atoms with Crippen molar-refractivity contribution in [2.24, 2.45) is 0 Å². The molecular formula is C29H24ClNO3. The van der Waals surface area contributed by atoms with Crippen LogP contribution in [0.4, 0.5) is 11.4 Å². The van der Waals surface area contributed by atoms with E-state index in [9.17, 15) is 9.90 Å². The molecule has 1 aliphatic rings. The number of hydrogen-bond donors (Lipinski definition) is 1. The van der Waals surface area contributed by atoms with Gasteiger partial charge in [-0.1, -0.05) is 72.3 Å². The molecule has 0 aromatic heterocycles. The molecule has 4 nitrogen and oxygen atoms in total. The second-order valence-corrected chi connectivity index (χ2v) is 8.78. The van der Waals surface area contributed by atoms with Crippen LogP contribution < -0.4 is 9.64 Å². The number of benzene rings is 4. The monoisotopic (exact) mass is 469 g/mol. The Balaban J connectivity index is 1.38. The van der Waals surface area contributed by atoms with Crippen LogP contribution in [0.15, 0.2) is 103 Å². The highest BCUT2D eigenvalue weighted by atomic mass is 35.5. The van der Waals surface area contributed by atoms with E-state index in [1.165, 1.54) is 22.5 Å². The molecule has 34 heavy (non-hydrogen) atoms. The summed E-state index contributed by atoms with van der Waals surface area (Å²) in [5.41, 5.74) is 5.43. The van der Waals surface area contributed by atoms with Crippen LogP contribution >= 0.6 is 11.6 Å². The molecule has 0 aliphatic carbocycles. The lowest BCUT2D eigenvalue weighted by Gasteiger charge is -2.36. The van der Waals surface area contributed by atoms with Crippen LogP contribution in [0.1, 0.15) is 35.1 Å². The zero-order valence-corrected chi connectivity index (χ0v) is 19.2. The van der Waals surface area contributed by atoms with Gasteiger partial charge in [0.1, 0.15) is 5.75 Å². The maximum absolute atomic E-state index is 11.8. The second-order valence-electron chi connectivity index (χ2n) is 8.34. The smallest absolute Gasteiger partial charge is 0.349 e. The lowest BCUT2D eigenvalue weighted by Crippen LogP contribution is -2.27. The van der Waals surface area contributed by atoms with Gasteiger partial charge in [0, 0.05) is 34.4 Å². The van der Waals surface area contributed by atoms with Crippen molar-refractivity contribution in [2.75, 3.05) is 11.4 Å². The van der Waals surface area contributed by atoms with Gasteiger partial charge in [-0.3, -0.25) is 0 Å². The number of carbonyl (C=O) groups is 1. The van der Waals surface area contributed by atoms with Gasteiger partial charge in [-0.15, -0.1) is 0 Å². The van der Waals surface area contributed by atoms with Crippen LogP contribution in [-0.2, 0) is 4.79 Å². The van der Waals surface area contributed by atoms with Crippen molar-refractivity contribution < 1.29 is 14.6 Å². The topological polar surface area (TPSA) is 49.8 Å². The summed E-state index contributed by atoms with van der Waals surface area (Å²) in [4.78, 5) is 14.2. The first kappa shape index (κ1) is 22.1. The summed E-state index contributed by atoms with van der Waals surface area (Å²) in [6.45, 7) is 0.918. The zero-order chi connectivity index (χ0) is 23.5. The van der Waals surface area contributed by atoms with Crippen molar-refractivity contribution in [1.82, 2.24) is 0 Å². The fourth-order valence-electron chi connectivity index (χ4n) is 4.60. The van der Waals surface area contributed by atoms with Gasteiger partial charge in [0.25, 0.3) is 0 Å². The van der Waals surface area contributed by atoms with Crippen LogP contribution in [0, 0.1) is 0 Å². The summed E-state index contributed by atoms with van der Waals surface area (Å²) in [7, 11) is 0. The number of hydrogen-bond acceptors (Lipinski definition) is 3. The number of ether oxygens (including phenoxy) is 1. The number of carboxylic acids is 1. The summed E-state index contributed by atoms with van der Waals surface area (Å²) in [5, 5.41) is 10.2. The lowest BCUT2D eigenvalue weighted by atomic mass is 9.84. The highest BCUT2D eigenvalue weighted by molar-refractivity contribution is 6.30. The number of nitrogens with zero attached hydrogens (tertiary/aromatic N) is 1. The third-order valence-electron chi connectivity index (χ3n) is 6.25. The van der Waals surface area contributed by atoms with Gasteiger partial charge in [0.15, 0.2) is 0 Å². The molecule has 0 spiro atoms. The molecule has 5 heteroatoms. The molecule has 0 saturated carbocycles. The van der Waals surface area contributed by atoms with Crippen LogP contribution in [0.5, 0.6) is 5.75 Å². The quantitative estimate of drug-likeness (QED) is 0.324. The predicted octanol–water partition coefficient (Wildman–Crippen LogP) is 7.22. The Kier molecular flexibility index (Phi) is 6.24. The summed E-state index contributed by atoms with van der Waals surface area (Å²) in [6, 6.07) is 33.4. The lowest BCUT2D eigenvalue weighted by molar-refractivity contribution is -0.145. The molecule has 0 fully saturated rings. The molecule has 4 aromatic carbocycles. The van der Waals surface area contributed by atoms with Crippen LogP contribution in [0.3, 0.4) is 0 Å². The van der Waals surface area contributed by atoms with Crippen LogP contribution in [0.2, 0.25) is 5.02 Å². The van der Waals surface area contributed by atoms with E-state index in [2.05, 4.69) is 53.4 Å². The van der Waals surface area contributed by atoms with E-state index in [1.54, 1.807) is 24.3 Å². The Labute approximate surface area is 204 Å². The fraction of sp³-hybridized carbons (Fsp3) is 0.138. The van der Waals surface area contributed by atoms with Gasteiger partial charge in [-0.25, -0.2) is 4.79 Å². The SMILES string of the molecule is O=C(O)C(Oc1ccc(C2CCN(c3ccccc3)c3ccccc32)cc1)c1ccc(Cl)cc1. The Bertz CT molecular complexity index is 1270. The zero-order valence-electron chi connectivity index (χ0n) is 18.5.